The third-order valence-corrected chi connectivity index (χ3v) is 7.10. The number of rotatable bonds is 3. The first kappa shape index (κ1) is 21.2. The van der Waals surface area contributed by atoms with Crippen molar-refractivity contribution in [3.05, 3.63) is 53.4 Å². The molecule has 0 bridgehead atoms. The Morgan fingerprint density at radius 2 is 2.12 bits per heavy atom. The summed E-state index contributed by atoms with van der Waals surface area (Å²) in [5.74, 6) is -0.844. The number of carbonyl (C=O) groups excluding carboxylic acids is 1. The molecule has 3 aromatic rings. The number of anilines is 1. The summed E-state index contributed by atoms with van der Waals surface area (Å²) in [5.41, 5.74) is 5.23. The number of hydrogen-bond acceptors (Lipinski definition) is 5. The van der Waals surface area contributed by atoms with Crippen molar-refractivity contribution in [1.82, 2.24) is 19.8 Å². The number of amides is 1. The van der Waals surface area contributed by atoms with Gasteiger partial charge >= 0.3 is 0 Å². The Bertz CT molecular complexity index is 1340. The maximum Gasteiger partial charge on any atom is 0.236 e. The highest BCUT2D eigenvalue weighted by atomic mass is 19.1. The number of β-amino-alcohol motifs (C(OH)–C–C–N with tert-alkyl or cyclic N) is 1. The van der Waals surface area contributed by atoms with E-state index in [2.05, 4.69) is 20.9 Å². The lowest BCUT2D eigenvalue weighted by molar-refractivity contribution is -0.142. The molecule has 1 amide bonds. The van der Waals surface area contributed by atoms with Gasteiger partial charge in [-0.1, -0.05) is 6.08 Å². The third kappa shape index (κ3) is 3.38. The van der Waals surface area contributed by atoms with Gasteiger partial charge in [0.2, 0.25) is 5.91 Å². The zero-order valence-corrected chi connectivity index (χ0v) is 18.8. The number of aromatic nitrogens is 2. The highest BCUT2D eigenvalue weighted by Gasteiger charge is 2.31. The molecule has 176 valence electrons. The van der Waals surface area contributed by atoms with Gasteiger partial charge < -0.3 is 19.9 Å². The van der Waals surface area contributed by atoms with Crippen LogP contribution in [-0.2, 0) is 11.3 Å². The van der Waals surface area contributed by atoms with Gasteiger partial charge in [-0.3, -0.25) is 9.69 Å². The molecule has 1 saturated heterocycles. The molecule has 0 atom stereocenters. The van der Waals surface area contributed by atoms with Gasteiger partial charge in [0.05, 0.1) is 18.8 Å². The monoisotopic (exact) mass is 465 g/mol. The summed E-state index contributed by atoms with van der Waals surface area (Å²) in [4.78, 5) is 25.8. The Hall–Kier alpha value is -3.30. The van der Waals surface area contributed by atoms with E-state index in [9.17, 15) is 14.3 Å². The molecule has 2 N–H and O–H groups in total. The number of fused-ring (bicyclic) bond motifs is 2. The van der Waals surface area contributed by atoms with Crippen LogP contribution in [0, 0.1) is 11.6 Å². The summed E-state index contributed by atoms with van der Waals surface area (Å²) in [5, 5.41) is 10.1. The minimum atomic E-state index is -0.472. The van der Waals surface area contributed by atoms with Gasteiger partial charge in [-0.2, -0.15) is 0 Å². The van der Waals surface area contributed by atoms with E-state index >= 15 is 4.39 Å². The van der Waals surface area contributed by atoms with Crippen LogP contribution in [0.1, 0.15) is 17.7 Å². The Morgan fingerprint density at radius 1 is 1.29 bits per heavy atom. The first-order valence-corrected chi connectivity index (χ1v) is 11.5. The van der Waals surface area contributed by atoms with E-state index in [1.54, 1.807) is 11.0 Å². The van der Waals surface area contributed by atoms with Crippen LogP contribution in [-0.4, -0.2) is 76.7 Å². The van der Waals surface area contributed by atoms with E-state index in [4.69, 9.17) is 0 Å². The van der Waals surface area contributed by atoms with Crippen molar-refractivity contribution in [2.45, 2.75) is 19.1 Å². The minimum absolute atomic E-state index is 0.0373. The van der Waals surface area contributed by atoms with E-state index < -0.39 is 17.7 Å². The van der Waals surface area contributed by atoms with Crippen LogP contribution in [0.25, 0.3) is 27.7 Å². The zero-order chi connectivity index (χ0) is 23.6. The van der Waals surface area contributed by atoms with E-state index in [1.165, 1.54) is 18.3 Å². The molecular formula is C25H25F2N5O2. The number of likely N-dealkylation sites (tertiary alicyclic amines) is 1. The smallest absolute Gasteiger partial charge is 0.236 e. The number of aromatic amines is 1. The quantitative estimate of drug-likeness (QED) is 0.622. The Balaban J connectivity index is 1.35. The minimum Gasteiger partial charge on any atom is -0.389 e. The summed E-state index contributed by atoms with van der Waals surface area (Å²) in [6.07, 6.45) is 3.64. The van der Waals surface area contributed by atoms with Gasteiger partial charge in [0.25, 0.3) is 0 Å². The summed E-state index contributed by atoms with van der Waals surface area (Å²) < 4.78 is 29.3. The predicted octanol–water partition coefficient (Wildman–Crippen LogP) is 2.75. The molecule has 0 radical (unpaired) electrons. The second kappa shape index (κ2) is 7.89. The van der Waals surface area contributed by atoms with Crippen LogP contribution in [0.4, 0.5) is 14.5 Å². The summed E-state index contributed by atoms with van der Waals surface area (Å²) in [7, 11) is 1.92. The second-order valence-corrected chi connectivity index (χ2v) is 9.37. The van der Waals surface area contributed by atoms with Crippen molar-refractivity contribution in [2.24, 2.45) is 0 Å². The maximum absolute atomic E-state index is 15.1. The number of nitrogens with one attached hydrogen (secondary N) is 1. The summed E-state index contributed by atoms with van der Waals surface area (Å²) in [6, 6.07) is 4.48. The number of pyridine rings is 1. The second-order valence-electron chi connectivity index (χ2n) is 9.37. The van der Waals surface area contributed by atoms with Gasteiger partial charge in [-0.15, -0.1) is 0 Å². The molecule has 1 aromatic carbocycles. The number of benzene rings is 1. The average Bonchev–Trinajstić information content (AvgIpc) is 3.09. The SMILES string of the molecule is CN1Cc2c(C3=CCN(CC(=O)N4CC(O)C4)CC3)[nH]c3ncc(F)c(c23)-c2cc(F)ccc21. The molecule has 3 aliphatic rings. The molecule has 0 spiro atoms. The van der Waals surface area contributed by atoms with Gasteiger partial charge in [-0.25, -0.2) is 13.8 Å². The van der Waals surface area contributed by atoms with Crippen LogP contribution in [0.2, 0.25) is 0 Å². The van der Waals surface area contributed by atoms with Crippen molar-refractivity contribution in [3.63, 3.8) is 0 Å². The molecule has 7 nitrogen and oxygen atoms in total. The van der Waals surface area contributed by atoms with Gasteiger partial charge in [0.1, 0.15) is 17.3 Å². The number of halogens is 2. The Morgan fingerprint density at radius 3 is 2.85 bits per heavy atom. The highest BCUT2D eigenvalue weighted by molar-refractivity contribution is 6.03. The average molecular weight is 466 g/mol. The fourth-order valence-corrected chi connectivity index (χ4v) is 5.29. The Labute approximate surface area is 195 Å². The lowest BCUT2D eigenvalue weighted by Gasteiger charge is -2.37. The normalized spacial score (nSPS) is 18.5. The number of H-pyrrole nitrogens is 1. The van der Waals surface area contributed by atoms with E-state index in [0.29, 0.717) is 54.9 Å². The lowest BCUT2D eigenvalue weighted by Crippen LogP contribution is -2.56. The standard InChI is InChI=1S/C25H25F2N5O2/c1-30-12-18-23-22(17-8-15(26)2-3-20(17)30)19(27)9-28-25(23)29-24(18)14-4-6-31(7-5-14)13-21(34)32-10-16(33)11-32/h2-4,8-9,16,33H,5-7,10-13H2,1H3,(H,28,29). The Kier molecular flexibility index (Phi) is 4.93. The van der Waals surface area contributed by atoms with Crippen LogP contribution < -0.4 is 4.90 Å². The lowest BCUT2D eigenvalue weighted by atomic mass is 9.97. The molecule has 1 fully saturated rings. The van der Waals surface area contributed by atoms with Gasteiger partial charge in [0, 0.05) is 73.2 Å². The fraction of sp³-hybridized carbons (Fsp3) is 0.360. The number of hydrogen-bond donors (Lipinski definition) is 2. The van der Waals surface area contributed by atoms with E-state index in [0.717, 1.165) is 35.5 Å². The van der Waals surface area contributed by atoms with Crippen LogP contribution in [0.5, 0.6) is 0 Å². The summed E-state index contributed by atoms with van der Waals surface area (Å²) in [6.45, 7) is 3.04. The third-order valence-electron chi connectivity index (χ3n) is 7.10. The van der Waals surface area contributed by atoms with E-state index in [-0.39, 0.29) is 5.91 Å². The number of carbonyl (C=O) groups is 1. The largest absolute Gasteiger partial charge is 0.389 e. The predicted molar refractivity (Wildman–Crippen MR) is 125 cm³/mol. The van der Waals surface area contributed by atoms with Crippen LogP contribution >= 0.6 is 0 Å². The van der Waals surface area contributed by atoms with Crippen molar-refractivity contribution in [3.8, 4) is 11.1 Å². The number of aliphatic hydroxyl groups is 1. The molecule has 6 rings (SSSR count). The van der Waals surface area contributed by atoms with Crippen molar-refractivity contribution >= 4 is 28.2 Å². The molecule has 2 aromatic heterocycles. The number of aliphatic hydroxyl groups excluding tert-OH is 1. The number of nitrogens with zero attached hydrogens (tertiary/aromatic N) is 4. The molecule has 5 heterocycles. The molecule has 34 heavy (non-hydrogen) atoms. The zero-order valence-electron chi connectivity index (χ0n) is 18.8. The first-order chi connectivity index (χ1) is 16.4. The topological polar surface area (TPSA) is 75.7 Å². The molecule has 0 unspecified atom stereocenters. The maximum atomic E-state index is 15.1. The fourth-order valence-electron chi connectivity index (χ4n) is 5.29. The van der Waals surface area contributed by atoms with Gasteiger partial charge in [0.15, 0.2) is 0 Å². The van der Waals surface area contributed by atoms with Crippen molar-refractivity contribution in [2.75, 3.05) is 44.7 Å². The van der Waals surface area contributed by atoms with Gasteiger partial charge in [-0.05, 0) is 30.2 Å². The van der Waals surface area contributed by atoms with Crippen molar-refractivity contribution < 1.29 is 18.7 Å². The molecule has 0 saturated carbocycles. The molecular weight excluding hydrogens is 440 g/mol. The highest BCUT2D eigenvalue weighted by Crippen LogP contribution is 2.44. The molecule has 0 aliphatic carbocycles. The van der Waals surface area contributed by atoms with Crippen LogP contribution in [0.15, 0.2) is 30.5 Å². The molecule has 9 heteroatoms. The molecule has 3 aliphatic heterocycles. The van der Waals surface area contributed by atoms with Crippen molar-refractivity contribution in [1.29, 1.82) is 0 Å². The summed E-state index contributed by atoms with van der Waals surface area (Å²) >= 11 is 0. The van der Waals surface area contributed by atoms with E-state index in [1.807, 2.05) is 11.9 Å². The van der Waals surface area contributed by atoms with Crippen LogP contribution in [0.3, 0.4) is 0 Å². The first-order valence-electron chi connectivity index (χ1n) is 11.5.